The van der Waals surface area contributed by atoms with E-state index in [1.165, 1.54) is 43.5 Å². The van der Waals surface area contributed by atoms with Crippen LogP contribution in [0, 0.1) is 12.8 Å². The Labute approximate surface area is 111 Å². The van der Waals surface area contributed by atoms with Crippen LogP contribution in [0.5, 0.6) is 0 Å². The number of aryl methyl sites for hydroxylation is 1. The highest BCUT2D eigenvalue weighted by Crippen LogP contribution is 2.20. The molecule has 1 N–H and O–H groups in total. The summed E-state index contributed by atoms with van der Waals surface area (Å²) in [5.41, 5.74) is 2.80. The van der Waals surface area contributed by atoms with Gasteiger partial charge in [-0.1, -0.05) is 29.8 Å². The van der Waals surface area contributed by atoms with E-state index >= 15 is 0 Å². The lowest BCUT2D eigenvalue weighted by molar-refractivity contribution is 0.162. The molecule has 1 saturated heterocycles. The topological polar surface area (TPSA) is 15.3 Å². The minimum Gasteiger partial charge on any atom is -0.320 e. The number of hydrogen-bond acceptors (Lipinski definition) is 2. The molecule has 100 valence electrons. The van der Waals surface area contributed by atoms with Crippen LogP contribution in [0.1, 0.15) is 30.4 Å². The predicted molar refractivity (Wildman–Crippen MR) is 77.7 cm³/mol. The van der Waals surface area contributed by atoms with Gasteiger partial charge in [0.15, 0.2) is 0 Å². The highest BCUT2D eigenvalue weighted by molar-refractivity contribution is 5.21. The normalized spacial score (nSPS) is 21.1. The zero-order valence-corrected chi connectivity index (χ0v) is 11.8. The summed E-state index contributed by atoms with van der Waals surface area (Å²) in [6.45, 7) is 6.97. The highest BCUT2D eigenvalue weighted by Gasteiger charge is 2.19. The SMILES string of the molecule is CNCCC1CCCN(Cc2ccc(C)cc2)C1. The third-order valence-corrected chi connectivity index (χ3v) is 3.93. The molecule has 0 aliphatic carbocycles. The summed E-state index contributed by atoms with van der Waals surface area (Å²) in [7, 11) is 2.05. The van der Waals surface area contributed by atoms with E-state index in [9.17, 15) is 0 Å². The van der Waals surface area contributed by atoms with E-state index in [-0.39, 0.29) is 0 Å². The van der Waals surface area contributed by atoms with Crippen molar-refractivity contribution in [2.75, 3.05) is 26.7 Å². The number of rotatable bonds is 5. The van der Waals surface area contributed by atoms with Crippen molar-refractivity contribution in [2.45, 2.75) is 32.7 Å². The summed E-state index contributed by atoms with van der Waals surface area (Å²) in [6.07, 6.45) is 4.09. The van der Waals surface area contributed by atoms with Crippen LogP contribution in [0.2, 0.25) is 0 Å². The second kappa shape index (κ2) is 6.91. The molecule has 0 bridgehead atoms. The second-order valence-corrected chi connectivity index (χ2v) is 5.62. The third kappa shape index (κ3) is 4.11. The summed E-state index contributed by atoms with van der Waals surface area (Å²) in [4.78, 5) is 2.62. The third-order valence-electron chi connectivity index (χ3n) is 3.93. The maximum absolute atomic E-state index is 3.27. The Balaban J connectivity index is 1.83. The van der Waals surface area contributed by atoms with E-state index in [1.807, 2.05) is 7.05 Å². The summed E-state index contributed by atoms with van der Waals surface area (Å²) < 4.78 is 0. The minimum atomic E-state index is 0.886. The van der Waals surface area contributed by atoms with Crippen LogP contribution in [-0.2, 0) is 6.54 Å². The fraction of sp³-hybridized carbons (Fsp3) is 0.625. The molecule has 1 fully saturated rings. The Bertz CT molecular complexity index is 345. The molecule has 0 aromatic heterocycles. The summed E-state index contributed by atoms with van der Waals surface area (Å²) >= 11 is 0. The molecule has 1 heterocycles. The van der Waals surface area contributed by atoms with Gasteiger partial charge in [0.25, 0.3) is 0 Å². The molecule has 0 saturated carbocycles. The highest BCUT2D eigenvalue weighted by atomic mass is 15.1. The van der Waals surface area contributed by atoms with Gasteiger partial charge in [-0.2, -0.15) is 0 Å². The molecule has 0 spiro atoms. The number of piperidine rings is 1. The second-order valence-electron chi connectivity index (χ2n) is 5.62. The Morgan fingerprint density at radius 3 is 2.78 bits per heavy atom. The number of likely N-dealkylation sites (tertiary alicyclic amines) is 1. The van der Waals surface area contributed by atoms with Crippen molar-refractivity contribution in [2.24, 2.45) is 5.92 Å². The molecule has 1 unspecified atom stereocenters. The van der Waals surface area contributed by atoms with Crippen molar-refractivity contribution < 1.29 is 0 Å². The quantitative estimate of drug-likeness (QED) is 0.859. The molecular formula is C16H26N2. The van der Waals surface area contributed by atoms with E-state index in [2.05, 4.69) is 41.4 Å². The minimum absolute atomic E-state index is 0.886. The fourth-order valence-corrected chi connectivity index (χ4v) is 2.83. The van der Waals surface area contributed by atoms with Crippen molar-refractivity contribution in [3.63, 3.8) is 0 Å². The first-order valence-corrected chi connectivity index (χ1v) is 7.20. The van der Waals surface area contributed by atoms with Crippen LogP contribution in [0.25, 0.3) is 0 Å². The average Bonchev–Trinajstić information content (AvgIpc) is 2.40. The van der Waals surface area contributed by atoms with Crippen LogP contribution in [0.4, 0.5) is 0 Å². The van der Waals surface area contributed by atoms with Gasteiger partial charge in [-0.15, -0.1) is 0 Å². The van der Waals surface area contributed by atoms with Crippen molar-refractivity contribution in [3.8, 4) is 0 Å². The van der Waals surface area contributed by atoms with E-state index in [1.54, 1.807) is 0 Å². The number of benzene rings is 1. The lowest BCUT2D eigenvalue weighted by Crippen LogP contribution is -2.35. The van der Waals surface area contributed by atoms with Gasteiger partial charge in [-0.25, -0.2) is 0 Å². The first-order valence-electron chi connectivity index (χ1n) is 7.20. The molecule has 2 nitrogen and oxygen atoms in total. The Hall–Kier alpha value is -0.860. The van der Waals surface area contributed by atoms with Crippen LogP contribution in [0.15, 0.2) is 24.3 Å². The van der Waals surface area contributed by atoms with Crippen molar-refractivity contribution in [1.29, 1.82) is 0 Å². The lowest BCUT2D eigenvalue weighted by atomic mass is 9.94. The molecule has 1 aromatic rings. The van der Waals surface area contributed by atoms with E-state index < -0.39 is 0 Å². The van der Waals surface area contributed by atoms with Gasteiger partial charge in [-0.3, -0.25) is 4.90 Å². The summed E-state index contributed by atoms with van der Waals surface area (Å²) in [5, 5.41) is 3.27. The van der Waals surface area contributed by atoms with E-state index in [0.717, 1.165) is 19.0 Å². The van der Waals surface area contributed by atoms with Crippen LogP contribution in [0.3, 0.4) is 0 Å². The van der Waals surface area contributed by atoms with Gasteiger partial charge in [0, 0.05) is 13.1 Å². The van der Waals surface area contributed by atoms with E-state index in [0.29, 0.717) is 0 Å². The van der Waals surface area contributed by atoms with Crippen molar-refractivity contribution in [1.82, 2.24) is 10.2 Å². The number of nitrogens with one attached hydrogen (secondary N) is 1. The Morgan fingerprint density at radius 1 is 1.28 bits per heavy atom. The van der Waals surface area contributed by atoms with E-state index in [4.69, 9.17) is 0 Å². The molecule has 1 atom stereocenters. The van der Waals surface area contributed by atoms with Crippen molar-refractivity contribution >= 4 is 0 Å². The smallest absolute Gasteiger partial charge is 0.0233 e. The first-order chi connectivity index (χ1) is 8.78. The van der Waals surface area contributed by atoms with Gasteiger partial charge in [0.2, 0.25) is 0 Å². The largest absolute Gasteiger partial charge is 0.320 e. The summed E-state index contributed by atoms with van der Waals surface area (Å²) in [5.74, 6) is 0.886. The Morgan fingerprint density at radius 2 is 2.06 bits per heavy atom. The molecule has 1 aliphatic rings. The molecule has 0 radical (unpaired) electrons. The first kappa shape index (κ1) is 13.6. The van der Waals surface area contributed by atoms with Crippen molar-refractivity contribution in [3.05, 3.63) is 35.4 Å². The summed E-state index contributed by atoms with van der Waals surface area (Å²) in [6, 6.07) is 8.98. The van der Waals surface area contributed by atoms with Crippen LogP contribution < -0.4 is 5.32 Å². The van der Waals surface area contributed by atoms with Crippen LogP contribution >= 0.6 is 0 Å². The van der Waals surface area contributed by atoms with Crippen LogP contribution in [-0.4, -0.2) is 31.6 Å². The van der Waals surface area contributed by atoms with Gasteiger partial charge >= 0.3 is 0 Å². The molecule has 18 heavy (non-hydrogen) atoms. The monoisotopic (exact) mass is 246 g/mol. The van der Waals surface area contributed by atoms with Gasteiger partial charge in [-0.05, 0) is 57.8 Å². The maximum Gasteiger partial charge on any atom is 0.0233 e. The average molecular weight is 246 g/mol. The number of hydrogen-bond donors (Lipinski definition) is 1. The standard InChI is InChI=1S/C16H26N2/c1-14-5-7-16(8-6-14)13-18-11-3-4-15(12-18)9-10-17-2/h5-8,15,17H,3-4,9-13H2,1-2H3. The van der Waals surface area contributed by atoms with Gasteiger partial charge < -0.3 is 5.32 Å². The molecule has 2 rings (SSSR count). The Kier molecular flexibility index (Phi) is 5.21. The molecule has 1 aliphatic heterocycles. The zero-order chi connectivity index (χ0) is 12.8. The lowest BCUT2D eigenvalue weighted by Gasteiger charge is -2.32. The fourth-order valence-electron chi connectivity index (χ4n) is 2.83. The molecule has 2 heteroatoms. The van der Waals surface area contributed by atoms with Gasteiger partial charge in [0.05, 0.1) is 0 Å². The number of nitrogens with zero attached hydrogens (tertiary/aromatic N) is 1. The maximum atomic E-state index is 3.27. The molecule has 0 amide bonds. The molecular weight excluding hydrogens is 220 g/mol. The zero-order valence-electron chi connectivity index (χ0n) is 11.8. The predicted octanol–water partition coefficient (Wildman–Crippen LogP) is 2.82. The molecule has 1 aromatic carbocycles. The van der Waals surface area contributed by atoms with Gasteiger partial charge in [0.1, 0.15) is 0 Å².